The van der Waals surface area contributed by atoms with Crippen molar-refractivity contribution in [2.75, 3.05) is 0 Å². The molecule has 0 radical (unpaired) electrons. The first-order chi connectivity index (χ1) is 5.25. The Bertz CT molecular complexity index is 287. The molecule has 0 saturated carbocycles. The van der Waals surface area contributed by atoms with Gasteiger partial charge in [-0.1, -0.05) is 5.21 Å². The largest absolute Gasteiger partial charge is 0.250 e. The van der Waals surface area contributed by atoms with Gasteiger partial charge in [0.15, 0.2) is 0 Å². The van der Waals surface area contributed by atoms with Crippen LogP contribution in [0.25, 0.3) is 0 Å². The van der Waals surface area contributed by atoms with Gasteiger partial charge in [0.2, 0.25) is 6.08 Å². The van der Waals surface area contributed by atoms with Crippen LogP contribution in [0.4, 0.5) is 0 Å². The molecule has 0 aliphatic rings. The molecule has 0 N–H and O–H groups in total. The highest BCUT2D eigenvalue weighted by atomic mass is 16.1. The molecule has 0 bridgehead atoms. The van der Waals surface area contributed by atoms with Gasteiger partial charge in [-0.3, -0.25) is 4.68 Å². The average molecular weight is 152 g/mol. The van der Waals surface area contributed by atoms with Crippen LogP contribution in [0, 0.1) is 0 Å². The van der Waals surface area contributed by atoms with E-state index in [4.69, 9.17) is 0 Å². The Morgan fingerprint density at radius 3 is 3.00 bits per heavy atom. The number of aromatic nitrogens is 3. The minimum atomic E-state index is -0.215. The predicted octanol–water partition coefficient (Wildman–Crippen LogP) is 0.212. The van der Waals surface area contributed by atoms with Crippen molar-refractivity contribution >= 4 is 6.08 Å². The minimum Gasteiger partial charge on any atom is -0.250 e. The molecule has 1 unspecified atom stereocenters. The van der Waals surface area contributed by atoms with Gasteiger partial charge in [0, 0.05) is 7.05 Å². The summed E-state index contributed by atoms with van der Waals surface area (Å²) in [5.74, 6) is 0. The fourth-order valence-corrected chi connectivity index (χ4v) is 0.821. The Kier molecular flexibility index (Phi) is 2.13. The Morgan fingerprint density at radius 1 is 1.82 bits per heavy atom. The Balaban J connectivity index is 2.92. The van der Waals surface area contributed by atoms with E-state index in [1.54, 1.807) is 24.9 Å². The molecule has 0 spiro atoms. The molecule has 1 aromatic rings. The molecular formula is C6H8N4O. The maximum Gasteiger partial charge on any atom is 0.235 e. The summed E-state index contributed by atoms with van der Waals surface area (Å²) in [6, 6.07) is -0.215. The van der Waals surface area contributed by atoms with E-state index in [0.717, 1.165) is 5.69 Å². The third-order valence-electron chi connectivity index (χ3n) is 1.42. The molecular weight excluding hydrogens is 144 g/mol. The topological polar surface area (TPSA) is 60.1 Å². The molecule has 0 amide bonds. The SMILES string of the molecule is CC(N=C=O)c1cnnn1C. The monoisotopic (exact) mass is 152 g/mol. The first-order valence-electron chi connectivity index (χ1n) is 3.17. The molecule has 5 heteroatoms. The van der Waals surface area contributed by atoms with Crippen molar-refractivity contribution in [1.29, 1.82) is 0 Å². The Labute approximate surface area is 63.7 Å². The van der Waals surface area contributed by atoms with Crippen LogP contribution in [-0.4, -0.2) is 21.1 Å². The van der Waals surface area contributed by atoms with Crippen molar-refractivity contribution in [3.63, 3.8) is 0 Å². The zero-order chi connectivity index (χ0) is 8.27. The van der Waals surface area contributed by atoms with E-state index >= 15 is 0 Å². The van der Waals surface area contributed by atoms with Crippen LogP contribution in [0.2, 0.25) is 0 Å². The molecule has 0 fully saturated rings. The molecule has 0 saturated heterocycles. The van der Waals surface area contributed by atoms with Gasteiger partial charge in [-0.15, -0.1) is 5.10 Å². The number of rotatable bonds is 2. The number of aliphatic imine (C=N–C) groups is 1. The highest BCUT2D eigenvalue weighted by molar-refractivity contribution is 5.34. The number of hydrogen-bond donors (Lipinski definition) is 0. The minimum absolute atomic E-state index is 0.215. The standard InChI is InChI=1S/C6H8N4O/c1-5(7-4-11)6-3-8-9-10(6)2/h3,5H,1-2H3. The number of nitrogens with zero attached hydrogens (tertiary/aromatic N) is 4. The normalized spacial score (nSPS) is 12.2. The maximum absolute atomic E-state index is 9.88. The second kappa shape index (κ2) is 3.07. The highest BCUT2D eigenvalue weighted by Crippen LogP contribution is 2.12. The number of isocyanates is 1. The zero-order valence-corrected chi connectivity index (χ0v) is 6.35. The van der Waals surface area contributed by atoms with Crippen LogP contribution < -0.4 is 0 Å². The lowest BCUT2D eigenvalue weighted by Gasteiger charge is -2.00. The first kappa shape index (κ1) is 7.63. The van der Waals surface area contributed by atoms with Crippen LogP contribution in [0.15, 0.2) is 11.2 Å². The second-order valence-corrected chi connectivity index (χ2v) is 2.18. The number of carbonyl (C=O) groups excluding carboxylic acids is 1. The highest BCUT2D eigenvalue weighted by Gasteiger charge is 2.07. The third-order valence-corrected chi connectivity index (χ3v) is 1.42. The van der Waals surface area contributed by atoms with Crippen LogP contribution in [0.5, 0.6) is 0 Å². The van der Waals surface area contributed by atoms with E-state index in [9.17, 15) is 4.79 Å². The Hall–Kier alpha value is -1.48. The summed E-state index contributed by atoms with van der Waals surface area (Å²) in [6.45, 7) is 1.78. The first-order valence-corrected chi connectivity index (χ1v) is 3.17. The van der Waals surface area contributed by atoms with E-state index < -0.39 is 0 Å². The summed E-state index contributed by atoms with van der Waals surface area (Å²) >= 11 is 0. The van der Waals surface area contributed by atoms with E-state index in [0.29, 0.717) is 0 Å². The molecule has 11 heavy (non-hydrogen) atoms. The van der Waals surface area contributed by atoms with Crippen LogP contribution >= 0.6 is 0 Å². The zero-order valence-electron chi connectivity index (χ0n) is 6.35. The van der Waals surface area contributed by atoms with Gasteiger partial charge < -0.3 is 0 Å². The van der Waals surface area contributed by atoms with E-state index in [1.807, 2.05) is 0 Å². The van der Waals surface area contributed by atoms with Gasteiger partial charge in [-0.25, -0.2) is 4.79 Å². The number of hydrogen-bond acceptors (Lipinski definition) is 4. The van der Waals surface area contributed by atoms with Gasteiger partial charge >= 0.3 is 0 Å². The second-order valence-electron chi connectivity index (χ2n) is 2.18. The lowest BCUT2D eigenvalue weighted by Crippen LogP contribution is -2.00. The van der Waals surface area contributed by atoms with E-state index in [1.165, 1.54) is 6.08 Å². The fraction of sp³-hybridized carbons (Fsp3) is 0.500. The van der Waals surface area contributed by atoms with Crippen molar-refractivity contribution in [3.05, 3.63) is 11.9 Å². The molecule has 1 rings (SSSR count). The molecule has 0 aromatic carbocycles. The van der Waals surface area contributed by atoms with Gasteiger partial charge in [0.25, 0.3) is 0 Å². The third kappa shape index (κ3) is 1.50. The molecule has 58 valence electrons. The van der Waals surface area contributed by atoms with Crippen molar-refractivity contribution in [1.82, 2.24) is 15.0 Å². The number of aryl methyl sites for hydroxylation is 1. The maximum atomic E-state index is 9.88. The molecule has 5 nitrogen and oxygen atoms in total. The van der Waals surface area contributed by atoms with E-state index in [-0.39, 0.29) is 6.04 Å². The van der Waals surface area contributed by atoms with Gasteiger partial charge in [-0.05, 0) is 6.92 Å². The van der Waals surface area contributed by atoms with Crippen LogP contribution in [0.3, 0.4) is 0 Å². The van der Waals surface area contributed by atoms with Crippen molar-refractivity contribution in [3.8, 4) is 0 Å². The van der Waals surface area contributed by atoms with Crippen LogP contribution in [0.1, 0.15) is 18.7 Å². The van der Waals surface area contributed by atoms with Crippen molar-refractivity contribution in [2.24, 2.45) is 12.0 Å². The predicted molar refractivity (Wildman–Crippen MR) is 37.5 cm³/mol. The van der Waals surface area contributed by atoms with Gasteiger partial charge in [-0.2, -0.15) is 4.99 Å². The van der Waals surface area contributed by atoms with Gasteiger partial charge in [0.05, 0.1) is 11.9 Å². The summed E-state index contributed by atoms with van der Waals surface area (Å²) in [5, 5.41) is 7.34. The summed E-state index contributed by atoms with van der Waals surface area (Å²) in [5.41, 5.74) is 0.799. The summed E-state index contributed by atoms with van der Waals surface area (Å²) in [7, 11) is 1.75. The van der Waals surface area contributed by atoms with Gasteiger partial charge in [0.1, 0.15) is 6.04 Å². The Morgan fingerprint density at radius 2 is 2.55 bits per heavy atom. The fourth-order valence-electron chi connectivity index (χ4n) is 0.821. The molecule has 1 atom stereocenters. The molecule has 0 aliphatic carbocycles. The van der Waals surface area contributed by atoms with Crippen LogP contribution in [-0.2, 0) is 11.8 Å². The lowest BCUT2D eigenvalue weighted by molar-refractivity contribution is 0.556. The van der Waals surface area contributed by atoms with Crippen molar-refractivity contribution in [2.45, 2.75) is 13.0 Å². The lowest BCUT2D eigenvalue weighted by atomic mass is 10.3. The summed E-state index contributed by atoms with van der Waals surface area (Å²) < 4.78 is 1.57. The summed E-state index contributed by atoms with van der Waals surface area (Å²) in [6.07, 6.45) is 3.06. The molecule has 1 aromatic heterocycles. The molecule has 0 aliphatic heterocycles. The smallest absolute Gasteiger partial charge is 0.235 e. The van der Waals surface area contributed by atoms with E-state index in [2.05, 4.69) is 15.3 Å². The average Bonchev–Trinajstić information content (AvgIpc) is 2.36. The molecule has 1 heterocycles. The quantitative estimate of drug-likeness (QED) is 0.449. The summed E-state index contributed by atoms with van der Waals surface area (Å²) in [4.78, 5) is 13.4. The van der Waals surface area contributed by atoms with Crippen molar-refractivity contribution < 1.29 is 4.79 Å².